The molecule has 0 spiro atoms. The quantitative estimate of drug-likeness (QED) is 0.867. The van der Waals surface area contributed by atoms with E-state index >= 15 is 0 Å². The van der Waals surface area contributed by atoms with Gasteiger partial charge in [0.1, 0.15) is 0 Å². The summed E-state index contributed by atoms with van der Waals surface area (Å²) in [6.07, 6.45) is 1.49. The van der Waals surface area contributed by atoms with Gasteiger partial charge in [-0.25, -0.2) is 0 Å². The molecule has 2 aromatic rings. The molecule has 1 aromatic carbocycles. The van der Waals surface area contributed by atoms with E-state index in [1.54, 1.807) is 24.3 Å². The number of aromatic nitrogens is 1. The summed E-state index contributed by atoms with van der Waals surface area (Å²) in [6, 6.07) is 6.10. The molecule has 1 heterocycles. The monoisotopic (exact) mass is 320 g/mol. The summed E-state index contributed by atoms with van der Waals surface area (Å²) in [5, 5.41) is 1.91. The second-order valence-electron chi connectivity index (χ2n) is 3.66. The molecule has 1 unspecified atom stereocenters. The van der Waals surface area contributed by atoms with Gasteiger partial charge >= 0.3 is 0 Å². The Morgan fingerprint density at radius 2 is 1.67 bits per heavy atom. The molecule has 0 radical (unpaired) electrons. The predicted molar refractivity (Wildman–Crippen MR) is 76.7 cm³/mol. The van der Waals surface area contributed by atoms with Gasteiger partial charge in [0, 0.05) is 16.2 Å². The van der Waals surface area contributed by atoms with Crippen LogP contribution in [0, 0.1) is 0 Å². The van der Waals surface area contributed by atoms with Crippen LogP contribution in [-0.2, 0) is 0 Å². The van der Waals surface area contributed by atoms with Gasteiger partial charge in [0.25, 0.3) is 0 Å². The normalized spacial score (nSPS) is 12.5. The van der Waals surface area contributed by atoms with Crippen molar-refractivity contribution < 1.29 is 0 Å². The third-order valence-corrected chi connectivity index (χ3v) is 3.51. The summed E-state index contributed by atoms with van der Waals surface area (Å²) in [7, 11) is 0. The van der Waals surface area contributed by atoms with Crippen molar-refractivity contribution in [3.05, 3.63) is 61.8 Å². The maximum Gasteiger partial charge on any atom is 0.0803 e. The summed E-state index contributed by atoms with van der Waals surface area (Å²) in [6.45, 7) is 0. The number of halogens is 4. The van der Waals surface area contributed by atoms with E-state index in [9.17, 15) is 0 Å². The molecular formula is C12H8Cl4N2. The highest BCUT2D eigenvalue weighted by Gasteiger charge is 2.17. The summed E-state index contributed by atoms with van der Waals surface area (Å²) in [5.74, 6) is 0. The highest BCUT2D eigenvalue weighted by molar-refractivity contribution is 6.35. The van der Waals surface area contributed by atoms with Crippen LogP contribution in [0.4, 0.5) is 0 Å². The van der Waals surface area contributed by atoms with Crippen molar-refractivity contribution in [1.29, 1.82) is 0 Å². The molecule has 0 fully saturated rings. The van der Waals surface area contributed by atoms with E-state index in [1.165, 1.54) is 6.20 Å². The topological polar surface area (TPSA) is 38.9 Å². The zero-order chi connectivity index (χ0) is 13.3. The third-order valence-electron chi connectivity index (χ3n) is 2.42. The van der Waals surface area contributed by atoms with E-state index in [4.69, 9.17) is 52.1 Å². The number of nitrogens with zero attached hydrogens (tertiary/aromatic N) is 1. The number of nitrogens with two attached hydrogens (primary N) is 1. The molecule has 0 aliphatic heterocycles. The first-order valence-corrected chi connectivity index (χ1v) is 6.51. The molecule has 18 heavy (non-hydrogen) atoms. The Kier molecular flexibility index (Phi) is 4.36. The van der Waals surface area contributed by atoms with Gasteiger partial charge in [-0.1, -0.05) is 46.4 Å². The van der Waals surface area contributed by atoms with E-state index in [-0.39, 0.29) is 0 Å². The highest BCUT2D eigenvalue weighted by Crippen LogP contribution is 2.32. The molecular weight excluding hydrogens is 314 g/mol. The van der Waals surface area contributed by atoms with E-state index < -0.39 is 6.04 Å². The lowest BCUT2D eigenvalue weighted by Crippen LogP contribution is -2.14. The van der Waals surface area contributed by atoms with Gasteiger partial charge < -0.3 is 5.73 Å². The van der Waals surface area contributed by atoms with Crippen molar-refractivity contribution in [3.8, 4) is 0 Å². The van der Waals surface area contributed by atoms with E-state index in [0.29, 0.717) is 31.3 Å². The second kappa shape index (κ2) is 5.64. The minimum Gasteiger partial charge on any atom is -0.319 e. The van der Waals surface area contributed by atoms with Crippen molar-refractivity contribution in [3.63, 3.8) is 0 Å². The fourth-order valence-corrected chi connectivity index (χ4v) is 2.47. The summed E-state index contributed by atoms with van der Waals surface area (Å²) in [5.41, 5.74) is 7.28. The lowest BCUT2D eigenvalue weighted by atomic mass is 10.0. The Morgan fingerprint density at radius 3 is 2.33 bits per heavy atom. The van der Waals surface area contributed by atoms with Gasteiger partial charge in [0.2, 0.25) is 0 Å². The van der Waals surface area contributed by atoms with Crippen LogP contribution in [-0.4, -0.2) is 4.98 Å². The molecule has 94 valence electrons. The Labute approximate surface area is 125 Å². The molecule has 1 aromatic heterocycles. The Hall–Kier alpha value is -0.510. The fourth-order valence-electron chi connectivity index (χ4n) is 1.55. The van der Waals surface area contributed by atoms with Crippen molar-refractivity contribution in [2.24, 2.45) is 5.73 Å². The first kappa shape index (κ1) is 13.9. The Morgan fingerprint density at radius 1 is 0.944 bits per heavy atom. The second-order valence-corrected chi connectivity index (χ2v) is 5.35. The maximum atomic E-state index is 6.10. The molecule has 0 aliphatic rings. The van der Waals surface area contributed by atoms with Crippen molar-refractivity contribution in [1.82, 2.24) is 4.98 Å². The molecule has 0 amide bonds. The minimum atomic E-state index is -0.555. The van der Waals surface area contributed by atoms with Gasteiger partial charge in [0.15, 0.2) is 0 Å². The van der Waals surface area contributed by atoms with Crippen LogP contribution in [0.25, 0.3) is 0 Å². The van der Waals surface area contributed by atoms with Crippen LogP contribution < -0.4 is 5.73 Å². The Bertz CT molecular complexity index is 586. The molecule has 2 nitrogen and oxygen atoms in total. The number of benzene rings is 1. The number of pyridine rings is 1. The zero-order valence-electron chi connectivity index (χ0n) is 9.00. The van der Waals surface area contributed by atoms with Crippen LogP contribution in [0.1, 0.15) is 17.3 Å². The van der Waals surface area contributed by atoms with E-state index in [2.05, 4.69) is 4.98 Å². The molecule has 1 atom stereocenters. The van der Waals surface area contributed by atoms with Gasteiger partial charge in [-0.05, 0) is 29.8 Å². The lowest BCUT2D eigenvalue weighted by Gasteiger charge is -2.15. The zero-order valence-corrected chi connectivity index (χ0v) is 12.0. The number of hydrogen-bond acceptors (Lipinski definition) is 2. The van der Waals surface area contributed by atoms with E-state index in [0.717, 1.165) is 0 Å². The summed E-state index contributed by atoms with van der Waals surface area (Å²) in [4.78, 5) is 4.13. The summed E-state index contributed by atoms with van der Waals surface area (Å²) < 4.78 is 0. The molecule has 0 saturated heterocycles. The van der Waals surface area contributed by atoms with Gasteiger partial charge in [-0.3, -0.25) is 4.98 Å². The lowest BCUT2D eigenvalue weighted by molar-refractivity contribution is 0.829. The average molecular weight is 322 g/mol. The van der Waals surface area contributed by atoms with Gasteiger partial charge in [0.05, 0.1) is 21.8 Å². The van der Waals surface area contributed by atoms with Crippen molar-refractivity contribution in [2.45, 2.75) is 6.04 Å². The highest BCUT2D eigenvalue weighted by atomic mass is 35.5. The van der Waals surface area contributed by atoms with Crippen LogP contribution in [0.15, 0.2) is 30.5 Å². The predicted octanol–water partition coefficient (Wildman–Crippen LogP) is 4.74. The molecule has 0 bridgehead atoms. The maximum absolute atomic E-state index is 6.10. The molecule has 0 aliphatic carbocycles. The average Bonchev–Trinajstić information content (AvgIpc) is 2.31. The largest absolute Gasteiger partial charge is 0.319 e. The fraction of sp³-hybridized carbons (Fsp3) is 0.0833. The van der Waals surface area contributed by atoms with E-state index in [1.807, 2.05) is 0 Å². The molecule has 2 rings (SSSR count). The Balaban J connectivity index is 2.47. The molecule has 2 N–H and O–H groups in total. The first-order chi connectivity index (χ1) is 8.49. The number of rotatable bonds is 2. The third kappa shape index (κ3) is 2.90. The van der Waals surface area contributed by atoms with Crippen LogP contribution in [0.5, 0.6) is 0 Å². The van der Waals surface area contributed by atoms with Gasteiger partial charge in [-0.2, -0.15) is 0 Å². The van der Waals surface area contributed by atoms with Crippen molar-refractivity contribution in [2.75, 3.05) is 0 Å². The van der Waals surface area contributed by atoms with Crippen molar-refractivity contribution >= 4 is 46.4 Å². The summed E-state index contributed by atoms with van der Waals surface area (Å²) >= 11 is 23.9. The SMILES string of the molecule is NC(c1cc(Cl)ccc1Cl)c1ncc(Cl)cc1Cl. The van der Waals surface area contributed by atoms with Crippen LogP contribution in [0.2, 0.25) is 20.1 Å². The minimum absolute atomic E-state index is 0.394. The van der Waals surface area contributed by atoms with Crippen LogP contribution in [0.3, 0.4) is 0 Å². The standard InChI is InChI=1S/C12H8Cl4N2/c13-6-1-2-9(15)8(3-6)11(17)12-10(16)4-7(14)5-18-12/h1-5,11H,17H2. The van der Waals surface area contributed by atoms with Gasteiger partial charge in [-0.15, -0.1) is 0 Å². The number of hydrogen-bond donors (Lipinski definition) is 1. The van der Waals surface area contributed by atoms with Crippen LogP contribution >= 0.6 is 46.4 Å². The first-order valence-electron chi connectivity index (χ1n) is 5.00. The smallest absolute Gasteiger partial charge is 0.0803 e. The molecule has 0 saturated carbocycles. The molecule has 6 heteroatoms.